The van der Waals surface area contributed by atoms with Crippen molar-refractivity contribution < 1.29 is 21.6 Å². The molecule has 1 amide bonds. The van der Waals surface area contributed by atoms with Crippen LogP contribution < -0.4 is 14.3 Å². The van der Waals surface area contributed by atoms with Crippen molar-refractivity contribution in [2.75, 3.05) is 27.1 Å². The summed E-state index contributed by atoms with van der Waals surface area (Å²) in [6.45, 7) is 1.55. The molecule has 174 valence electrons. The molecule has 0 unspecified atom stereocenters. The molecule has 11 heteroatoms. The van der Waals surface area contributed by atoms with Crippen LogP contribution in [0.2, 0.25) is 5.02 Å². The molecule has 3 rings (SSSR count). The molecular weight excluding hydrogens is 486 g/mol. The Kier molecular flexibility index (Phi) is 7.31. The molecule has 0 aliphatic heterocycles. The van der Waals surface area contributed by atoms with Gasteiger partial charge in [-0.15, -0.1) is 0 Å². The van der Waals surface area contributed by atoms with Gasteiger partial charge in [0.25, 0.3) is 15.9 Å². The van der Waals surface area contributed by atoms with E-state index in [0.717, 1.165) is 4.31 Å². The Bertz CT molecular complexity index is 1340. The van der Waals surface area contributed by atoms with E-state index in [9.17, 15) is 21.6 Å². The SMILES string of the molecule is CCS(=O)(=O)N(C)c1ccc(C(=O)Nc2ccc(S(=O)(=O)Nc3ccc(Cl)cc3)cc2)cc1. The summed E-state index contributed by atoms with van der Waals surface area (Å²) in [7, 11) is -5.76. The molecule has 0 heterocycles. The second-order valence-electron chi connectivity index (χ2n) is 7.01. The molecule has 0 atom stereocenters. The van der Waals surface area contributed by atoms with E-state index in [1.807, 2.05) is 0 Å². The van der Waals surface area contributed by atoms with Crippen LogP contribution in [-0.2, 0) is 20.0 Å². The zero-order chi connectivity index (χ0) is 24.2. The van der Waals surface area contributed by atoms with Crippen LogP contribution in [0.4, 0.5) is 17.1 Å². The minimum atomic E-state index is -3.81. The maximum atomic E-state index is 12.5. The molecule has 8 nitrogen and oxygen atoms in total. The lowest BCUT2D eigenvalue weighted by atomic mass is 10.2. The Hall–Kier alpha value is -3.08. The van der Waals surface area contributed by atoms with Crippen LogP contribution in [0.15, 0.2) is 77.7 Å². The van der Waals surface area contributed by atoms with Crippen molar-refractivity contribution in [1.29, 1.82) is 0 Å². The number of nitrogens with zero attached hydrogens (tertiary/aromatic N) is 1. The van der Waals surface area contributed by atoms with E-state index in [1.165, 1.54) is 43.4 Å². The number of amides is 1. The summed E-state index contributed by atoms with van der Waals surface area (Å²) < 4.78 is 52.6. The molecule has 3 aromatic rings. The van der Waals surface area contributed by atoms with E-state index in [4.69, 9.17) is 11.6 Å². The number of rotatable bonds is 8. The van der Waals surface area contributed by atoms with Crippen LogP contribution in [0.3, 0.4) is 0 Å². The molecule has 0 saturated carbocycles. The molecule has 0 aliphatic rings. The Balaban J connectivity index is 1.68. The summed E-state index contributed by atoms with van der Waals surface area (Å²) in [5, 5.41) is 3.17. The number of sulfonamides is 2. The first-order chi connectivity index (χ1) is 15.5. The number of anilines is 3. The Morgan fingerprint density at radius 2 is 1.39 bits per heavy atom. The molecule has 0 radical (unpaired) electrons. The molecular formula is C22H22ClN3O5S2. The van der Waals surface area contributed by atoms with Crippen molar-refractivity contribution in [3.05, 3.63) is 83.4 Å². The van der Waals surface area contributed by atoms with Gasteiger partial charge in [-0.3, -0.25) is 13.8 Å². The topological polar surface area (TPSA) is 113 Å². The van der Waals surface area contributed by atoms with Gasteiger partial charge in [-0.2, -0.15) is 0 Å². The molecule has 2 N–H and O–H groups in total. The molecule has 0 spiro atoms. The summed E-state index contributed by atoms with van der Waals surface area (Å²) >= 11 is 5.81. The highest BCUT2D eigenvalue weighted by Gasteiger charge is 2.17. The zero-order valence-corrected chi connectivity index (χ0v) is 20.2. The van der Waals surface area contributed by atoms with E-state index in [0.29, 0.717) is 27.6 Å². The summed E-state index contributed by atoms with van der Waals surface area (Å²) in [6.07, 6.45) is 0. The Morgan fingerprint density at radius 3 is 1.94 bits per heavy atom. The molecule has 0 aliphatic carbocycles. The largest absolute Gasteiger partial charge is 0.322 e. The monoisotopic (exact) mass is 507 g/mol. The lowest BCUT2D eigenvalue weighted by Crippen LogP contribution is -2.28. The lowest BCUT2D eigenvalue weighted by Gasteiger charge is -2.18. The standard InChI is InChI=1S/C22H22ClN3O5S2/c1-3-32(28,29)26(2)20-12-4-16(5-13-20)22(27)24-18-10-14-21(15-11-18)33(30,31)25-19-8-6-17(23)7-9-19/h4-15,25H,3H2,1-2H3,(H,24,27). The highest BCUT2D eigenvalue weighted by Crippen LogP contribution is 2.21. The molecule has 0 bridgehead atoms. The van der Waals surface area contributed by atoms with E-state index < -0.39 is 26.0 Å². The van der Waals surface area contributed by atoms with Crippen LogP contribution in [-0.4, -0.2) is 35.5 Å². The molecule has 0 fully saturated rings. The van der Waals surface area contributed by atoms with Gasteiger partial charge in [0.05, 0.1) is 16.3 Å². The normalized spacial score (nSPS) is 11.6. The van der Waals surface area contributed by atoms with Crippen molar-refractivity contribution >= 4 is 54.6 Å². The maximum absolute atomic E-state index is 12.5. The van der Waals surface area contributed by atoms with Gasteiger partial charge in [0, 0.05) is 29.0 Å². The minimum Gasteiger partial charge on any atom is -0.322 e. The third-order valence-corrected chi connectivity index (χ3v) is 8.22. The van der Waals surface area contributed by atoms with Crippen molar-refractivity contribution in [2.24, 2.45) is 0 Å². The van der Waals surface area contributed by atoms with Crippen LogP contribution in [0, 0.1) is 0 Å². The highest BCUT2D eigenvalue weighted by molar-refractivity contribution is 7.93. The minimum absolute atomic E-state index is 0.0278. The summed E-state index contributed by atoms with van der Waals surface area (Å²) in [6, 6.07) is 18.1. The molecule has 0 aromatic heterocycles. The number of carbonyl (C=O) groups excluding carboxylic acids is 1. The fourth-order valence-corrected chi connectivity index (χ4v) is 4.84. The van der Waals surface area contributed by atoms with Crippen LogP contribution in [0.1, 0.15) is 17.3 Å². The van der Waals surface area contributed by atoms with Crippen LogP contribution >= 0.6 is 11.6 Å². The average molecular weight is 508 g/mol. The first kappa shape index (κ1) is 24.6. The van der Waals surface area contributed by atoms with Gasteiger partial charge in [0.1, 0.15) is 0 Å². The molecule has 0 saturated heterocycles. The number of halogens is 1. The van der Waals surface area contributed by atoms with Crippen molar-refractivity contribution in [1.82, 2.24) is 0 Å². The fourth-order valence-electron chi connectivity index (χ4n) is 2.83. The van der Waals surface area contributed by atoms with Gasteiger partial charge in [0.15, 0.2) is 0 Å². The number of hydrogen-bond donors (Lipinski definition) is 2. The summed E-state index contributed by atoms with van der Waals surface area (Å²) in [5.41, 5.74) is 1.54. The smallest absolute Gasteiger partial charge is 0.261 e. The zero-order valence-electron chi connectivity index (χ0n) is 17.8. The Labute approximate surface area is 198 Å². The molecule has 3 aromatic carbocycles. The maximum Gasteiger partial charge on any atom is 0.261 e. The van der Waals surface area contributed by atoms with E-state index >= 15 is 0 Å². The predicted octanol–water partition coefficient (Wildman–Crippen LogP) is 4.18. The van der Waals surface area contributed by atoms with Gasteiger partial charge >= 0.3 is 0 Å². The molecule has 33 heavy (non-hydrogen) atoms. The third kappa shape index (κ3) is 6.04. The average Bonchev–Trinajstić information content (AvgIpc) is 2.80. The van der Waals surface area contributed by atoms with Crippen LogP contribution in [0.5, 0.6) is 0 Å². The van der Waals surface area contributed by atoms with Gasteiger partial charge < -0.3 is 5.32 Å². The summed E-state index contributed by atoms with van der Waals surface area (Å²) in [5.74, 6) is -0.454. The third-order valence-electron chi connectivity index (χ3n) is 4.79. The quantitative estimate of drug-likeness (QED) is 0.475. The first-order valence-electron chi connectivity index (χ1n) is 9.78. The second kappa shape index (κ2) is 9.82. The van der Waals surface area contributed by atoms with Gasteiger partial charge in [-0.05, 0) is 79.7 Å². The van der Waals surface area contributed by atoms with E-state index in [2.05, 4.69) is 10.0 Å². The van der Waals surface area contributed by atoms with Gasteiger partial charge in [-0.25, -0.2) is 16.8 Å². The number of hydrogen-bond acceptors (Lipinski definition) is 5. The fraction of sp³-hybridized carbons (Fsp3) is 0.136. The number of carbonyl (C=O) groups is 1. The number of benzene rings is 3. The first-order valence-corrected chi connectivity index (χ1v) is 13.3. The highest BCUT2D eigenvalue weighted by atomic mass is 35.5. The van der Waals surface area contributed by atoms with E-state index in [1.54, 1.807) is 43.3 Å². The second-order valence-corrected chi connectivity index (χ2v) is 11.4. The van der Waals surface area contributed by atoms with Crippen molar-refractivity contribution in [2.45, 2.75) is 11.8 Å². The van der Waals surface area contributed by atoms with Crippen molar-refractivity contribution in [3.63, 3.8) is 0 Å². The van der Waals surface area contributed by atoms with Crippen molar-refractivity contribution in [3.8, 4) is 0 Å². The Morgan fingerprint density at radius 1 is 0.848 bits per heavy atom. The summed E-state index contributed by atoms with van der Waals surface area (Å²) in [4.78, 5) is 12.5. The van der Waals surface area contributed by atoms with Crippen LogP contribution in [0.25, 0.3) is 0 Å². The van der Waals surface area contributed by atoms with E-state index in [-0.39, 0.29) is 10.6 Å². The predicted molar refractivity (Wildman–Crippen MR) is 131 cm³/mol. The lowest BCUT2D eigenvalue weighted by molar-refractivity contribution is 0.102. The number of nitrogens with one attached hydrogen (secondary N) is 2. The van der Waals surface area contributed by atoms with Gasteiger partial charge in [0.2, 0.25) is 10.0 Å². The van der Waals surface area contributed by atoms with Gasteiger partial charge in [-0.1, -0.05) is 11.6 Å².